The molecule has 0 aliphatic carbocycles. The monoisotopic (exact) mass is 392 g/mol. The van der Waals surface area contributed by atoms with Crippen LogP contribution < -0.4 is 10.1 Å². The van der Waals surface area contributed by atoms with E-state index in [0.29, 0.717) is 23.7 Å². The van der Waals surface area contributed by atoms with Crippen molar-refractivity contribution in [3.05, 3.63) is 71.9 Å². The van der Waals surface area contributed by atoms with E-state index < -0.39 is 0 Å². The SMILES string of the molecule is CC(NC(=O)c1cc(CN2CCCC2)on1)c1ccc(Oc2cccnc2)cc1. The Morgan fingerprint density at radius 1 is 1.21 bits per heavy atom. The zero-order valence-electron chi connectivity index (χ0n) is 16.4. The van der Waals surface area contributed by atoms with Crippen LogP contribution in [-0.2, 0) is 6.54 Å². The third kappa shape index (κ3) is 5.00. The Kier molecular flexibility index (Phi) is 5.86. The third-order valence-corrected chi connectivity index (χ3v) is 4.97. The third-order valence-electron chi connectivity index (χ3n) is 4.97. The van der Waals surface area contributed by atoms with E-state index in [9.17, 15) is 4.79 Å². The summed E-state index contributed by atoms with van der Waals surface area (Å²) in [6, 6.07) is 12.8. The van der Waals surface area contributed by atoms with Crippen LogP contribution in [0.1, 0.15) is 47.6 Å². The first kappa shape index (κ1) is 19.1. The van der Waals surface area contributed by atoms with Crippen molar-refractivity contribution in [3.63, 3.8) is 0 Å². The Morgan fingerprint density at radius 3 is 2.72 bits per heavy atom. The lowest BCUT2D eigenvalue weighted by Crippen LogP contribution is -2.26. The summed E-state index contributed by atoms with van der Waals surface area (Å²) in [5.41, 5.74) is 1.28. The predicted octanol–water partition coefficient (Wildman–Crippen LogP) is 3.95. The number of aromatic nitrogens is 2. The molecule has 1 atom stereocenters. The van der Waals surface area contributed by atoms with Crippen molar-refractivity contribution in [1.82, 2.24) is 20.4 Å². The number of likely N-dealkylation sites (tertiary alicyclic amines) is 1. The summed E-state index contributed by atoms with van der Waals surface area (Å²) >= 11 is 0. The largest absolute Gasteiger partial charge is 0.456 e. The number of hydrogen-bond donors (Lipinski definition) is 1. The Hall–Kier alpha value is -3.19. The molecule has 1 aliphatic heterocycles. The van der Waals surface area contributed by atoms with Crippen LogP contribution in [-0.4, -0.2) is 34.0 Å². The Morgan fingerprint density at radius 2 is 2.00 bits per heavy atom. The van der Waals surface area contributed by atoms with Gasteiger partial charge in [0.1, 0.15) is 11.5 Å². The molecule has 1 amide bonds. The number of carbonyl (C=O) groups excluding carboxylic acids is 1. The highest BCUT2D eigenvalue weighted by Gasteiger charge is 2.18. The van der Waals surface area contributed by atoms with Gasteiger partial charge in [0.25, 0.3) is 5.91 Å². The van der Waals surface area contributed by atoms with E-state index in [1.807, 2.05) is 43.3 Å². The number of hydrogen-bond acceptors (Lipinski definition) is 6. The minimum Gasteiger partial charge on any atom is -0.456 e. The molecule has 1 unspecified atom stereocenters. The van der Waals surface area contributed by atoms with Crippen LogP contribution in [0.15, 0.2) is 59.4 Å². The average molecular weight is 392 g/mol. The molecule has 0 spiro atoms. The van der Waals surface area contributed by atoms with Gasteiger partial charge >= 0.3 is 0 Å². The molecule has 1 N–H and O–H groups in total. The standard InChI is InChI=1S/C22H24N4O3/c1-16(17-6-8-18(9-7-17)28-19-5-4-10-23-14-19)24-22(27)21-13-20(29-25-21)15-26-11-2-3-12-26/h4-10,13-14,16H,2-3,11-12,15H2,1H3,(H,24,27). The maximum atomic E-state index is 12.5. The fraction of sp³-hybridized carbons (Fsp3) is 0.318. The van der Waals surface area contributed by atoms with E-state index in [4.69, 9.17) is 9.26 Å². The van der Waals surface area contributed by atoms with E-state index in [0.717, 1.165) is 24.4 Å². The van der Waals surface area contributed by atoms with E-state index in [1.165, 1.54) is 12.8 Å². The minimum absolute atomic E-state index is 0.173. The zero-order chi connectivity index (χ0) is 20.1. The Labute approximate surface area is 169 Å². The molecule has 29 heavy (non-hydrogen) atoms. The first-order chi connectivity index (χ1) is 14.2. The van der Waals surface area contributed by atoms with Gasteiger partial charge in [-0.15, -0.1) is 0 Å². The molecule has 7 heteroatoms. The first-order valence-electron chi connectivity index (χ1n) is 9.84. The van der Waals surface area contributed by atoms with Gasteiger partial charge in [-0.3, -0.25) is 14.7 Å². The molecular formula is C22H24N4O3. The van der Waals surface area contributed by atoms with Crippen LogP contribution in [0.5, 0.6) is 11.5 Å². The fourth-order valence-electron chi connectivity index (χ4n) is 3.38. The quantitative estimate of drug-likeness (QED) is 0.656. The number of nitrogens with one attached hydrogen (secondary N) is 1. The van der Waals surface area contributed by atoms with Crippen molar-refractivity contribution < 1.29 is 14.1 Å². The second-order valence-corrected chi connectivity index (χ2v) is 7.22. The van der Waals surface area contributed by atoms with Gasteiger partial charge in [0.05, 0.1) is 18.8 Å². The molecule has 3 aromatic rings. The average Bonchev–Trinajstić information content (AvgIpc) is 3.42. The molecule has 2 aromatic heterocycles. The van der Waals surface area contributed by atoms with Crippen molar-refractivity contribution in [2.24, 2.45) is 0 Å². The molecule has 1 saturated heterocycles. The maximum Gasteiger partial charge on any atom is 0.273 e. The maximum absolute atomic E-state index is 12.5. The Bertz CT molecular complexity index is 934. The molecule has 3 heterocycles. The first-order valence-corrected chi connectivity index (χ1v) is 9.84. The highest BCUT2D eigenvalue weighted by molar-refractivity contribution is 5.92. The van der Waals surface area contributed by atoms with Crippen molar-refractivity contribution in [3.8, 4) is 11.5 Å². The molecule has 0 bridgehead atoms. The van der Waals surface area contributed by atoms with Gasteiger partial charge in [0.15, 0.2) is 11.5 Å². The molecule has 0 saturated carbocycles. The van der Waals surface area contributed by atoms with Crippen LogP contribution in [0.2, 0.25) is 0 Å². The summed E-state index contributed by atoms with van der Waals surface area (Å²) in [4.78, 5) is 18.8. The van der Waals surface area contributed by atoms with E-state index in [2.05, 4.69) is 20.4 Å². The summed E-state index contributed by atoms with van der Waals surface area (Å²) in [5, 5.41) is 6.89. The van der Waals surface area contributed by atoms with Crippen molar-refractivity contribution >= 4 is 5.91 Å². The number of rotatable bonds is 7. The van der Waals surface area contributed by atoms with Gasteiger partial charge in [-0.1, -0.05) is 17.3 Å². The zero-order valence-corrected chi connectivity index (χ0v) is 16.4. The van der Waals surface area contributed by atoms with Gasteiger partial charge in [-0.25, -0.2) is 0 Å². The number of ether oxygens (including phenoxy) is 1. The molecule has 1 aliphatic rings. The van der Waals surface area contributed by atoms with Gasteiger partial charge in [0, 0.05) is 12.3 Å². The Balaban J connectivity index is 1.33. The topological polar surface area (TPSA) is 80.5 Å². The number of nitrogens with zero attached hydrogens (tertiary/aromatic N) is 3. The highest BCUT2D eigenvalue weighted by atomic mass is 16.5. The predicted molar refractivity (Wildman–Crippen MR) is 108 cm³/mol. The fourth-order valence-corrected chi connectivity index (χ4v) is 3.38. The van der Waals surface area contributed by atoms with Gasteiger partial charge in [-0.2, -0.15) is 0 Å². The normalized spacial score (nSPS) is 15.2. The van der Waals surface area contributed by atoms with Crippen molar-refractivity contribution in [2.45, 2.75) is 32.4 Å². The van der Waals surface area contributed by atoms with Gasteiger partial charge in [-0.05, 0) is 62.7 Å². The molecule has 7 nitrogen and oxygen atoms in total. The second kappa shape index (κ2) is 8.87. The van der Waals surface area contributed by atoms with Gasteiger partial charge < -0.3 is 14.6 Å². The molecule has 0 radical (unpaired) electrons. The van der Waals surface area contributed by atoms with E-state index in [1.54, 1.807) is 18.5 Å². The molecule has 1 aromatic carbocycles. The van der Waals surface area contributed by atoms with Gasteiger partial charge in [0.2, 0.25) is 0 Å². The number of pyridine rings is 1. The summed E-state index contributed by atoms with van der Waals surface area (Å²) in [6.07, 6.45) is 5.79. The molecule has 1 fully saturated rings. The summed E-state index contributed by atoms with van der Waals surface area (Å²) < 4.78 is 11.1. The highest BCUT2D eigenvalue weighted by Crippen LogP contribution is 2.23. The lowest BCUT2D eigenvalue weighted by Gasteiger charge is -2.14. The van der Waals surface area contributed by atoms with E-state index >= 15 is 0 Å². The van der Waals surface area contributed by atoms with E-state index in [-0.39, 0.29) is 11.9 Å². The lowest BCUT2D eigenvalue weighted by atomic mass is 10.1. The molecule has 4 rings (SSSR count). The van der Waals surface area contributed by atoms with Crippen LogP contribution in [0.25, 0.3) is 0 Å². The summed E-state index contributed by atoms with van der Waals surface area (Å²) in [7, 11) is 0. The minimum atomic E-state index is -0.246. The van der Waals surface area contributed by atoms with Crippen LogP contribution in [0.4, 0.5) is 0 Å². The summed E-state index contributed by atoms with van der Waals surface area (Å²) in [6.45, 7) is 4.77. The summed E-state index contributed by atoms with van der Waals surface area (Å²) in [5.74, 6) is 1.87. The second-order valence-electron chi connectivity index (χ2n) is 7.22. The van der Waals surface area contributed by atoms with Crippen LogP contribution in [0.3, 0.4) is 0 Å². The van der Waals surface area contributed by atoms with Crippen molar-refractivity contribution in [2.75, 3.05) is 13.1 Å². The number of amides is 1. The van der Waals surface area contributed by atoms with Crippen molar-refractivity contribution in [1.29, 1.82) is 0 Å². The number of benzene rings is 1. The smallest absolute Gasteiger partial charge is 0.273 e. The lowest BCUT2D eigenvalue weighted by molar-refractivity contribution is 0.0930. The van der Waals surface area contributed by atoms with Crippen LogP contribution in [0, 0.1) is 0 Å². The molecular weight excluding hydrogens is 368 g/mol. The number of carbonyl (C=O) groups is 1. The van der Waals surface area contributed by atoms with Crippen LogP contribution >= 0.6 is 0 Å². The molecule has 150 valence electrons.